The predicted octanol–water partition coefficient (Wildman–Crippen LogP) is 1.73. The van der Waals surface area contributed by atoms with Crippen molar-refractivity contribution in [1.29, 1.82) is 0 Å². The zero-order valence-electron chi connectivity index (χ0n) is 14.2. The average molecular weight is 327 g/mol. The first-order valence-corrected chi connectivity index (χ1v) is 8.72. The predicted molar refractivity (Wildman–Crippen MR) is 92.8 cm³/mol. The minimum Gasteiger partial charge on any atom is -0.347 e. The Labute approximate surface area is 142 Å². The number of hydrogen-bond acceptors (Lipinski definition) is 4. The van der Waals surface area contributed by atoms with Crippen molar-refractivity contribution in [1.82, 2.24) is 25.2 Å². The fourth-order valence-electron chi connectivity index (χ4n) is 3.12. The number of rotatable bonds is 6. The van der Waals surface area contributed by atoms with Crippen molar-refractivity contribution >= 4 is 5.91 Å². The molecule has 0 saturated carbocycles. The molecule has 2 heterocycles. The van der Waals surface area contributed by atoms with E-state index in [1.807, 2.05) is 18.2 Å². The van der Waals surface area contributed by atoms with Crippen molar-refractivity contribution in [2.75, 3.05) is 19.6 Å². The largest absolute Gasteiger partial charge is 0.347 e. The van der Waals surface area contributed by atoms with Crippen LogP contribution in [0.4, 0.5) is 0 Å². The first-order chi connectivity index (χ1) is 11.7. The summed E-state index contributed by atoms with van der Waals surface area (Å²) < 4.78 is 1.74. The van der Waals surface area contributed by atoms with Crippen LogP contribution in [0.5, 0.6) is 0 Å². The first kappa shape index (κ1) is 16.6. The summed E-state index contributed by atoms with van der Waals surface area (Å²) in [6.07, 6.45) is 4.77. The Morgan fingerprint density at radius 2 is 2.17 bits per heavy atom. The highest BCUT2D eigenvalue weighted by atomic mass is 16.2. The van der Waals surface area contributed by atoms with Gasteiger partial charge in [-0.2, -0.15) is 0 Å². The molecule has 128 valence electrons. The quantitative estimate of drug-likeness (QED) is 0.878. The van der Waals surface area contributed by atoms with Gasteiger partial charge in [-0.3, -0.25) is 9.48 Å². The lowest BCUT2D eigenvalue weighted by Gasteiger charge is -2.32. The molecule has 1 aromatic carbocycles. The number of nitrogens with one attached hydrogen (secondary N) is 1. The SMILES string of the molecule is CCN1CCCC(NC(=O)c2cn(CCc3ccccc3)nn2)C1. The van der Waals surface area contributed by atoms with E-state index in [-0.39, 0.29) is 11.9 Å². The van der Waals surface area contributed by atoms with E-state index in [1.165, 1.54) is 5.56 Å². The van der Waals surface area contributed by atoms with E-state index in [4.69, 9.17) is 0 Å². The van der Waals surface area contributed by atoms with Gasteiger partial charge in [-0.25, -0.2) is 0 Å². The molecule has 2 aromatic rings. The van der Waals surface area contributed by atoms with E-state index in [9.17, 15) is 4.79 Å². The van der Waals surface area contributed by atoms with E-state index in [1.54, 1.807) is 10.9 Å². The Hall–Kier alpha value is -2.21. The number of aromatic nitrogens is 3. The van der Waals surface area contributed by atoms with Crippen LogP contribution in [0.25, 0.3) is 0 Å². The van der Waals surface area contributed by atoms with Gasteiger partial charge in [0, 0.05) is 19.1 Å². The van der Waals surface area contributed by atoms with E-state index in [2.05, 4.69) is 39.6 Å². The number of likely N-dealkylation sites (tertiary alicyclic amines) is 1. The van der Waals surface area contributed by atoms with Gasteiger partial charge in [0.25, 0.3) is 5.91 Å². The molecule has 1 unspecified atom stereocenters. The second-order valence-corrected chi connectivity index (χ2v) is 6.31. The number of likely N-dealkylation sites (N-methyl/N-ethyl adjacent to an activating group) is 1. The molecule has 1 aliphatic heterocycles. The van der Waals surface area contributed by atoms with Gasteiger partial charge in [0.05, 0.1) is 6.20 Å². The van der Waals surface area contributed by atoms with Crippen LogP contribution in [0, 0.1) is 0 Å². The van der Waals surface area contributed by atoms with Gasteiger partial charge < -0.3 is 10.2 Å². The lowest BCUT2D eigenvalue weighted by molar-refractivity contribution is 0.0900. The molecular weight excluding hydrogens is 302 g/mol. The number of aryl methyl sites for hydroxylation is 2. The second-order valence-electron chi connectivity index (χ2n) is 6.31. The van der Waals surface area contributed by atoms with Crippen LogP contribution < -0.4 is 5.32 Å². The number of benzene rings is 1. The maximum Gasteiger partial charge on any atom is 0.273 e. The summed E-state index contributed by atoms with van der Waals surface area (Å²) in [6, 6.07) is 10.5. The number of hydrogen-bond donors (Lipinski definition) is 1. The van der Waals surface area contributed by atoms with Crippen LogP contribution in [0.2, 0.25) is 0 Å². The highest BCUT2D eigenvalue weighted by molar-refractivity contribution is 5.92. The van der Waals surface area contributed by atoms with Gasteiger partial charge in [0.2, 0.25) is 0 Å². The standard InChI is InChI=1S/C18H25N5O/c1-2-22-11-6-9-16(13-22)19-18(24)17-14-23(21-20-17)12-10-15-7-4-3-5-8-15/h3-5,7-8,14,16H,2,6,9-13H2,1H3,(H,19,24). The van der Waals surface area contributed by atoms with Crippen LogP contribution in [0.15, 0.2) is 36.5 Å². The number of carbonyl (C=O) groups is 1. The molecule has 6 heteroatoms. The molecular formula is C18H25N5O. The fraction of sp³-hybridized carbons (Fsp3) is 0.500. The minimum absolute atomic E-state index is 0.121. The highest BCUT2D eigenvalue weighted by Crippen LogP contribution is 2.10. The second kappa shape index (κ2) is 8.06. The molecule has 1 saturated heterocycles. The van der Waals surface area contributed by atoms with E-state index >= 15 is 0 Å². The Morgan fingerprint density at radius 3 is 2.96 bits per heavy atom. The zero-order chi connectivity index (χ0) is 16.8. The number of carbonyl (C=O) groups excluding carboxylic acids is 1. The summed E-state index contributed by atoms with van der Waals surface area (Å²) in [6.45, 7) is 5.95. The molecule has 3 rings (SSSR count). The lowest BCUT2D eigenvalue weighted by atomic mass is 10.1. The third kappa shape index (κ3) is 4.41. The van der Waals surface area contributed by atoms with Crippen molar-refractivity contribution in [3.05, 3.63) is 47.8 Å². The molecule has 1 atom stereocenters. The summed E-state index contributed by atoms with van der Waals surface area (Å²) in [5, 5.41) is 11.2. The fourth-order valence-corrected chi connectivity index (χ4v) is 3.12. The number of nitrogens with zero attached hydrogens (tertiary/aromatic N) is 4. The van der Waals surface area contributed by atoms with Crippen LogP contribution in [0.1, 0.15) is 35.8 Å². The Morgan fingerprint density at radius 1 is 1.33 bits per heavy atom. The van der Waals surface area contributed by atoms with Gasteiger partial charge in [0.1, 0.15) is 0 Å². The van der Waals surface area contributed by atoms with Crippen LogP contribution in [-0.2, 0) is 13.0 Å². The monoisotopic (exact) mass is 327 g/mol. The van der Waals surface area contributed by atoms with Gasteiger partial charge >= 0.3 is 0 Å². The summed E-state index contributed by atoms with van der Waals surface area (Å²) in [5.74, 6) is -0.121. The van der Waals surface area contributed by atoms with E-state index in [0.29, 0.717) is 5.69 Å². The summed E-state index contributed by atoms with van der Waals surface area (Å²) >= 11 is 0. The maximum absolute atomic E-state index is 12.4. The molecule has 1 amide bonds. The molecule has 24 heavy (non-hydrogen) atoms. The van der Waals surface area contributed by atoms with Crippen molar-refractivity contribution in [3.8, 4) is 0 Å². The number of piperidine rings is 1. The maximum atomic E-state index is 12.4. The van der Waals surface area contributed by atoms with Crippen LogP contribution in [0.3, 0.4) is 0 Å². The minimum atomic E-state index is -0.121. The van der Waals surface area contributed by atoms with Crippen molar-refractivity contribution in [2.24, 2.45) is 0 Å². The molecule has 0 bridgehead atoms. The average Bonchev–Trinajstić information content (AvgIpc) is 3.10. The van der Waals surface area contributed by atoms with Crippen LogP contribution in [-0.4, -0.2) is 51.5 Å². The first-order valence-electron chi connectivity index (χ1n) is 8.72. The molecule has 1 aromatic heterocycles. The normalized spacial score (nSPS) is 18.5. The van der Waals surface area contributed by atoms with Gasteiger partial charge in [-0.05, 0) is 37.9 Å². The third-order valence-electron chi connectivity index (χ3n) is 4.53. The Kier molecular flexibility index (Phi) is 5.59. The highest BCUT2D eigenvalue weighted by Gasteiger charge is 2.22. The molecule has 6 nitrogen and oxygen atoms in total. The Bertz CT molecular complexity index is 654. The smallest absolute Gasteiger partial charge is 0.273 e. The van der Waals surface area contributed by atoms with Gasteiger partial charge in [0.15, 0.2) is 5.69 Å². The van der Waals surface area contributed by atoms with Crippen molar-refractivity contribution in [3.63, 3.8) is 0 Å². The summed E-state index contributed by atoms with van der Waals surface area (Å²) in [5.41, 5.74) is 1.65. The van der Waals surface area contributed by atoms with E-state index in [0.717, 1.165) is 45.4 Å². The summed E-state index contributed by atoms with van der Waals surface area (Å²) in [4.78, 5) is 14.7. The van der Waals surface area contributed by atoms with Crippen LogP contribution >= 0.6 is 0 Å². The summed E-state index contributed by atoms with van der Waals surface area (Å²) in [7, 11) is 0. The molecule has 0 radical (unpaired) electrons. The zero-order valence-corrected chi connectivity index (χ0v) is 14.2. The van der Waals surface area contributed by atoms with Gasteiger partial charge in [-0.1, -0.05) is 42.5 Å². The van der Waals surface area contributed by atoms with Crippen molar-refractivity contribution in [2.45, 2.75) is 38.8 Å². The molecule has 0 aliphatic carbocycles. The topological polar surface area (TPSA) is 63.1 Å². The van der Waals surface area contributed by atoms with E-state index < -0.39 is 0 Å². The molecule has 1 aliphatic rings. The molecule has 1 fully saturated rings. The lowest BCUT2D eigenvalue weighted by Crippen LogP contribution is -2.47. The Balaban J connectivity index is 1.52. The van der Waals surface area contributed by atoms with Crippen molar-refractivity contribution < 1.29 is 4.79 Å². The molecule has 0 spiro atoms. The number of amides is 1. The third-order valence-corrected chi connectivity index (χ3v) is 4.53. The van der Waals surface area contributed by atoms with Gasteiger partial charge in [-0.15, -0.1) is 5.10 Å². The molecule has 1 N–H and O–H groups in total.